The Morgan fingerprint density at radius 1 is 0.651 bits per heavy atom. The summed E-state index contributed by atoms with van der Waals surface area (Å²) in [6, 6.07) is -1.46. The summed E-state index contributed by atoms with van der Waals surface area (Å²) in [6.07, 6.45) is 26.3. The van der Waals surface area contributed by atoms with E-state index in [1.807, 2.05) is 6.92 Å². The van der Waals surface area contributed by atoms with Crippen molar-refractivity contribution in [2.75, 3.05) is 26.4 Å². The number of ether oxygens (including phenoxy) is 2. The Kier molecular flexibility index (Phi) is 29.0. The van der Waals surface area contributed by atoms with Crippen molar-refractivity contribution < 1.29 is 42.7 Å². The Hall–Kier alpha value is -1.03. The van der Waals surface area contributed by atoms with E-state index in [0.717, 1.165) is 19.3 Å². The van der Waals surface area contributed by atoms with Crippen molar-refractivity contribution >= 4 is 19.8 Å². The molecule has 0 amide bonds. The lowest BCUT2D eigenvalue weighted by atomic mass is 10.0. The highest BCUT2D eigenvalue weighted by molar-refractivity contribution is 7.47. The lowest BCUT2D eigenvalue weighted by Crippen LogP contribution is -2.34. The Balaban J connectivity index is 3.77. The summed E-state index contributed by atoms with van der Waals surface area (Å²) < 4.78 is 32.4. The van der Waals surface area contributed by atoms with Gasteiger partial charge >= 0.3 is 19.8 Å². The Morgan fingerprint density at radius 2 is 1.07 bits per heavy atom. The molecule has 0 saturated heterocycles. The number of carboxylic acids is 1. The second-order valence-corrected chi connectivity index (χ2v) is 13.1. The van der Waals surface area contributed by atoms with Gasteiger partial charge in [0.25, 0.3) is 0 Å². The molecule has 0 aliphatic heterocycles. The summed E-state index contributed by atoms with van der Waals surface area (Å²) in [4.78, 5) is 32.4. The third-order valence-electron chi connectivity index (χ3n) is 7.36. The molecule has 3 atom stereocenters. The Labute approximate surface area is 261 Å². The van der Waals surface area contributed by atoms with Crippen LogP contribution in [0.4, 0.5) is 0 Å². The number of nitrogens with two attached hydrogens (primary N) is 1. The predicted molar refractivity (Wildman–Crippen MR) is 171 cm³/mol. The number of esters is 1. The molecule has 0 aliphatic rings. The van der Waals surface area contributed by atoms with Crippen LogP contribution in [0.2, 0.25) is 0 Å². The summed E-state index contributed by atoms with van der Waals surface area (Å²) in [7, 11) is -4.57. The zero-order valence-electron chi connectivity index (χ0n) is 27.3. The van der Waals surface area contributed by atoms with Crippen LogP contribution < -0.4 is 5.73 Å². The van der Waals surface area contributed by atoms with Crippen molar-refractivity contribution in [3.05, 3.63) is 0 Å². The first-order chi connectivity index (χ1) is 20.7. The molecule has 0 saturated carbocycles. The first-order valence-electron chi connectivity index (χ1n) is 17.1. The Bertz CT molecular complexity index is 710. The molecular weight excluding hydrogens is 573 g/mol. The van der Waals surface area contributed by atoms with E-state index in [2.05, 4.69) is 11.4 Å². The van der Waals surface area contributed by atoms with Gasteiger partial charge in [-0.15, -0.1) is 0 Å². The summed E-state index contributed by atoms with van der Waals surface area (Å²) in [5, 5.41) is 8.75. The maximum atomic E-state index is 12.0. The van der Waals surface area contributed by atoms with Gasteiger partial charge in [0.2, 0.25) is 0 Å². The van der Waals surface area contributed by atoms with Crippen LogP contribution in [0.5, 0.6) is 0 Å². The molecule has 0 radical (unpaired) electrons. The fourth-order valence-corrected chi connectivity index (χ4v) is 5.48. The number of phosphoric ester groups is 1. The molecule has 0 bridgehead atoms. The molecule has 10 nitrogen and oxygen atoms in total. The predicted octanol–water partition coefficient (Wildman–Crippen LogP) is 8.08. The minimum Gasteiger partial charge on any atom is -0.480 e. The summed E-state index contributed by atoms with van der Waals surface area (Å²) in [5.74, 6) is -1.83. The molecule has 0 fully saturated rings. The number of carbonyl (C=O) groups is 2. The van der Waals surface area contributed by atoms with E-state index in [4.69, 9.17) is 24.8 Å². The third-order valence-corrected chi connectivity index (χ3v) is 8.31. The number of phosphoric acid groups is 1. The second-order valence-electron chi connectivity index (χ2n) is 11.7. The molecule has 256 valence electrons. The van der Waals surface area contributed by atoms with E-state index in [-0.39, 0.29) is 13.0 Å². The molecule has 1 unspecified atom stereocenters. The van der Waals surface area contributed by atoms with Gasteiger partial charge in [-0.25, -0.2) is 4.57 Å². The highest BCUT2D eigenvalue weighted by atomic mass is 31.2. The monoisotopic (exact) mass is 637 g/mol. The van der Waals surface area contributed by atoms with Crippen LogP contribution >= 0.6 is 7.82 Å². The summed E-state index contributed by atoms with van der Waals surface area (Å²) >= 11 is 0. The molecular formula is C32H64NO9P. The molecule has 0 rings (SSSR count). The zero-order valence-corrected chi connectivity index (χ0v) is 28.2. The molecule has 0 aromatic heterocycles. The van der Waals surface area contributed by atoms with E-state index in [1.165, 1.54) is 109 Å². The molecule has 43 heavy (non-hydrogen) atoms. The fraction of sp³-hybridized carbons (Fsp3) is 0.938. The van der Waals surface area contributed by atoms with Gasteiger partial charge < -0.3 is 25.2 Å². The van der Waals surface area contributed by atoms with Gasteiger partial charge in [-0.3, -0.25) is 18.6 Å². The zero-order chi connectivity index (χ0) is 32.0. The summed E-state index contributed by atoms with van der Waals surface area (Å²) in [6.45, 7) is 3.49. The van der Waals surface area contributed by atoms with E-state index in [9.17, 15) is 19.0 Å². The van der Waals surface area contributed by atoms with Crippen molar-refractivity contribution in [1.82, 2.24) is 0 Å². The quantitative estimate of drug-likeness (QED) is 0.0365. The average molecular weight is 638 g/mol. The standard InChI is InChI=1S/C32H64NO9P/c1-3-5-6-7-8-9-10-11-12-13-14-15-16-17-18-19-20-21-22-23-25-39-26-29(42-31(34)24-4-2)27-40-43(37,38)41-28-30(33)32(35)36/h29-30H,3-28,33H2,1-2H3,(H,35,36)(H,37,38)/t29-,30+/m1/s1. The van der Waals surface area contributed by atoms with Crippen molar-refractivity contribution in [3.63, 3.8) is 0 Å². The largest absolute Gasteiger partial charge is 0.480 e. The van der Waals surface area contributed by atoms with Gasteiger partial charge in [0.1, 0.15) is 12.1 Å². The molecule has 4 N–H and O–H groups in total. The van der Waals surface area contributed by atoms with Crippen LogP contribution in [0, 0.1) is 0 Å². The number of hydrogen-bond donors (Lipinski definition) is 3. The van der Waals surface area contributed by atoms with E-state index in [1.54, 1.807) is 0 Å². The fourth-order valence-electron chi connectivity index (χ4n) is 4.70. The van der Waals surface area contributed by atoms with Crippen LogP contribution in [0.15, 0.2) is 0 Å². The van der Waals surface area contributed by atoms with Crippen LogP contribution in [0.3, 0.4) is 0 Å². The molecule has 0 heterocycles. The highest BCUT2D eigenvalue weighted by Gasteiger charge is 2.27. The molecule has 0 aromatic carbocycles. The first kappa shape index (κ1) is 42.0. The number of rotatable bonds is 33. The number of aliphatic carboxylic acids is 1. The van der Waals surface area contributed by atoms with Gasteiger partial charge in [0.05, 0.1) is 19.8 Å². The number of carboxylic acid groups (broad SMARTS) is 1. The number of hydrogen-bond acceptors (Lipinski definition) is 8. The second kappa shape index (κ2) is 29.7. The molecule has 0 aromatic rings. The maximum absolute atomic E-state index is 12.0. The number of carbonyl (C=O) groups excluding carboxylic acids is 1. The van der Waals surface area contributed by atoms with Crippen LogP contribution in [-0.2, 0) is 32.7 Å². The lowest BCUT2D eigenvalue weighted by Gasteiger charge is -2.20. The summed E-state index contributed by atoms with van der Waals surface area (Å²) in [5.41, 5.74) is 5.27. The van der Waals surface area contributed by atoms with E-state index < -0.39 is 45.1 Å². The normalized spacial score (nSPS) is 14.3. The minimum absolute atomic E-state index is 0.0171. The van der Waals surface area contributed by atoms with Crippen molar-refractivity contribution in [2.45, 2.75) is 167 Å². The first-order valence-corrected chi connectivity index (χ1v) is 18.6. The van der Waals surface area contributed by atoms with E-state index in [0.29, 0.717) is 13.0 Å². The maximum Gasteiger partial charge on any atom is 0.472 e. The average Bonchev–Trinajstić information content (AvgIpc) is 2.97. The molecule has 11 heteroatoms. The van der Waals surface area contributed by atoms with Gasteiger partial charge in [0, 0.05) is 13.0 Å². The SMILES string of the molecule is CCCCCCCCCCCCCCCCCCCCCCOC[C@H](COP(=O)(O)OC[C@H](N)C(=O)O)OC(=O)CCC. The molecule has 0 spiro atoms. The smallest absolute Gasteiger partial charge is 0.472 e. The van der Waals surface area contributed by atoms with E-state index >= 15 is 0 Å². The van der Waals surface area contributed by atoms with Crippen LogP contribution in [-0.4, -0.2) is 60.5 Å². The molecule has 0 aliphatic carbocycles. The van der Waals surface area contributed by atoms with Crippen LogP contribution in [0.25, 0.3) is 0 Å². The Morgan fingerprint density at radius 3 is 1.49 bits per heavy atom. The third kappa shape index (κ3) is 29.4. The van der Waals surface area contributed by atoms with Gasteiger partial charge in [0.15, 0.2) is 0 Å². The topological polar surface area (TPSA) is 155 Å². The minimum atomic E-state index is -4.57. The van der Waals surface area contributed by atoms with Crippen LogP contribution in [0.1, 0.15) is 155 Å². The van der Waals surface area contributed by atoms with Crippen molar-refractivity contribution in [2.24, 2.45) is 5.73 Å². The number of unbranched alkanes of at least 4 members (excludes halogenated alkanes) is 19. The van der Waals surface area contributed by atoms with Gasteiger partial charge in [-0.1, -0.05) is 136 Å². The van der Waals surface area contributed by atoms with Gasteiger partial charge in [-0.2, -0.15) is 0 Å². The lowest BCUT2D eigenvalue weighted by molar-refractivity contribution is -0.154. The van der Waals surface area contributed by atoms with Crippen molar-refractivity contribution in [1.29, 1.82) is 0 Å². The van der Waals surface area contributed by atoms with Crippen molar-refractivity contribution in [3.8, 4) is 0 Å². The highest BCUT2D eigenvalue weighted by Crippen LogP contribution is 2.43. The van der Waals surface area contributed by atoms with Gasteiger partial charge in [-0.05, 0) is 12.8 Å².